The van der Waals surface area contributed by atoms with Crippen LogP contribution in [0.2, 0.25) is 0 Å². The summed E-state index contributed by atoms with van der Waals surface area (Å²) < 4.78 is 0. The molecule has 7 nitrogen and oxygen atoms in total. The van der Waals surface area contributed by atoms with Gasteiger partial charge in [0.25, 0.3) is 5.91 Å². The quantitative estimate of drug-likeness (QED) is 0.739. The van der Waals surface area contributed by atoms with Gasteiger partial charge in [-0.25, -0.2) is 0 Å². The van der Waals surface area contributed by atoms with Gasteiger partial charge in [-0.2, -0.15) is 5.10 Å². The number of carbonyl (C=O) groups is 2. The molecule has 0 spiro atoms. The van der Waals surface area contributed by atoms with Crippen LogP contribution >= 0.6 is 0 Å². The second kappa shape index (κ2) is 6.26. The maximum absolute atomic E-state index is 12.4. The van der Waals surface area contributed by atoms with Gasteiger partial charge in [0.1, 0.15) is 0 Å². The molecule has 116 valence electrons. The number of hydrogen-bond acceptors (Lipinski definition) is 4. The molecule has 2 heterocycles. The molecule has 0 saturated carbocycles. The summed E-state index contributed by atoms with van der Waals surface area (Å²) in [5, 5.41) is 19.7. The van der Waals surface area contributed by atoms with E-state index in [1.54, 1.807) is 18.9 Å². The van der Waals surface area contributed by atoms with E-state index in [4.69, 9.17) is 0 Å². The lowest BCUT2D eigenvalue weighted by molar-refractivity contribution is -0.122. The van der Waals surface area contributed by atoms with Crippen molar-refractivity contribution in [3.63, 3.8) is 0 Å². The molecule has 0 aromatic carbocycles. The summed E-state index contributed by atoms with van der Waals surface area (Å²) in [6.45, 7) is 2.67. The molecule has 0 bridgehead atoms. The van der Waals surface area contributed by atoms with E-state index in [1.807, 2.05) is 0 Å². The molecule has 1 fully saturated rings. The standard InChI is InChI=1S/C14H22N4O3/c1-10-11(8-16-17-10)13(20)18-7-3-5-14(21,9-18)6-4-12(19)15-2/h8,21H,3-7,9H2,1-2H3,(H,15,19)(H,16,17)/t14-/m1/s1. The Morgan fingerprint density at radius 3 is 2.95 bits per heavy atom. The monoisotopic (exact) mass is 294 g/mol. The molecule has 0 unspecified atom stereocenters. The maximum atomic E-state index is 12.4. The predicted octanol–water partition coefficient (Wildman–Crippen LogP) is 0.211. The highest BCUT2D eigenvalue weighted by atomic mass is 16.3. The summed E-state index contributed by atoms with van der Waals surface area (Å²) in [6, 6.07) is 0. The first-order chi connectivity index (χ1) is 9.95. The minimum Gasteiger partial charge on any atom is -0.388 e. The Hall–Kier alpha value is -1.89. The van der Waals surface area contributed by atoms with Crippen LogP contribution < -0.4 is 5.32 Å². The Morgan fingerprint density at radius 1 is 1.57 bits per heavy atom. The van der Waals surface area contributed by atoms with Crippen LogP contribution in [0.4, 0.5) is 0 Å². The number of nitrogens with one attached hydrogen (secondary N) is 2. The lowest BCUT2D eigenvalue weighted by Gasteiger charge is -2.39. The molecule has 1 aromatic heterocycles. The van der Waals surface area contributed by atoms with Gasteiger partial charge < -0.3 is 15.3 Å². The number of aryl methyl sites for hydroxylation is 1. The molecule has 2 rings (SSSR count). The third-order valence-corrected chi connectivity index (χ3v) is 4.00. The van der Waals surface area contributed by atoms with Crippen LogP contribution in [0.3, 0.4) is 0 Å². The Bertz CT molecular complexity index is 528. The third kappa shape index (κ3) is 3.60. The van der Waals surface area contributed by atoms with Gasteiger partial charge in [0.15, 0.2) is 0 Å². The van der Waals surface area contributed by atoms with Crippen LogP contribution in [0, 0.1) is 6.92 Å². The molecular formula is C14H22N4O3. The minimum absolute atomic E-state index is 0.0995. The average molecular weight is 294 g/mol. The number of piperidine rings is 1. The van der Waals surface area contributed by atoms with E-state index in [0.717, 1.165) is 12.1 Å². The highest BCUT2D eigenvalue weighted by Gasteiger charge is 2.36. The molecule has 0 aliphatic carbocycles. The summed E-state index contributed by atoms with van der Waals surface area (Å²) >= 11 is 0. The van der Waals surface area contributed by atoms with Gasteiger partial charge in [-0.05, 0) is 26.2 Å². The summed E-state index contributed by atoms with van der Waals surface area (Å²) in [6.07, 6.45) is 3.47. The van der Waals surface area contributed by atoms with Gasteiger partial charge in [0.05, 0.1) is 17.4 Å². The molecule has 21 heavy (non-hydrogen) atoms. The van der Waals surface area contributed by atoms with Crippen molar-refractivity contribution in [3.05, 3.63) is 17.5 Å². The summed E-state index contributed by atoms with van der Waals surface area (Å²) in [5.41, 5.74) is 0.267. The van der Waals surface area contributed by atoms with Crippen molar-refractivity contribution in [2.75, 3.05) is 20.1 Å². The largest absolute Gasteiger partial charge is 0.388 e. The molecule has 1 atom stereocenters. The van der Waals surface area contributed by atoms with E-state index in [1.165, 1.54) is 6.20 Å². The molecule has 1 aromatic rings. The van der Waals surface area contributed by atoms with Crippen molar-refractivity contribution >= 4 is 11.8 Å². The van der Waals surface area contributed by atoms with Crippen LogP contribution in [0.15, 0.2) is 6.20 Å². The van der Waals surface area contributed by atoms with Crippen molar-refractivity contribution in [2.45, 2.75) is 38.2 Å². The SMILES string of the molecule is CNC(=O)CC[C@]1(O)CCCN(C(=O)c2cn[nH]c2C)C1. The van der Waals surface area contributed by atoms with Crippen molar-refractivity contribution in [2.24, 2.45) is 0 Å². The molecule has 3 N–H and O–H groups in total. The fraction of sp³-hybridized carbons (Fsp3) is 0.643. The third-order valence-electron chi connectivity index (χ3n) is 4.00. The lowest BCUT2D eigenvalue weighted by atomic mass is 9.88. The molecule has 1 aliphatic rings. The second-order valence-electron chi connectivity index (χ2n) is 5.64. The van der Waals surface area contributed by atoms with Crippen LogP contribution in [0.5, 0.6) is 0 Å². The highest BCUT2D eigenvalue weighted by Crippen LogP contribution is 2.27. The van der Waals surface area contributed by atoms with E-state index >= 15 is 0 Å². The molecule has 0 radical (unpaired) electrons. The van der Waals surface area contributed by atoms with E-state index in [-0.39, 0.29) is 24.8 Å². The second-order valence-corrected chi connectivity index (χ2v) is 5.64. The number of β-amino-alcohol motifs (C(OH)–C–C–N with tert-alkyl or cyclic N) is 1. The van der Waals surface area contributed by atoms with Crippen LogP contribution in [0.25, 0.3) is 0 Å². The number of nitrogens with zero attached hydrogens (tertiary/aromatic N) is 2. The zero-order chi connectivity index (χ0) is 15.5. The van der Waals surface area contributed by atoms with Gasteiger partial charge in [-0.1, -0.05) is 0 Å². The number of H-pyrrole nitrogens is 1. The summed E-state index contributed by atoms with van der Waals surface area (Å²) in [5.74, 6) is -0.225. The topological polar surface area (TPSA) is 98.3 Å². The number of amides is 2. The first-order valence-corrected chi connectivity index (χ1v) is 7.17. The fourth-order valence-electron chi connectivity index (χ4n) is 2.70. The number of carbonyl (C=O) groups excluding carboxylic acids is 2. The zero-order valence-electron chi connectivity index (χ0n) is 12.5. The number of aromatic nitrogens is 2. The van der Waals surface area contributed by atoms with Crippen LogP contribution in [-0.4, -0.2) is 57.8 Å². The van der Waals surface area contributed by atoms with Gasteiger partial charge in [-0.3, -0.25) is 14.7 Å². The Balaban J connectivity index is 2.01. The number of likely N-dealkylation sites (tertiary alicyclic amines) is 1. The minimum atomic E-state index is -0.988. The van der Waals surface area contributed by atoms with Crippen LogP contribution in [-0.2, 0) is 4.79 Å². The lowest BCUT2D eigenvalue weighted by Crippen LogP contribution is -2.50. The maximum Gasteiger partial charge on any atom is 0.257 e. The molecule has 7 heteroatoms. The van der Waals surface area contributed by atoms with Crippen molar-refractivity contribution in [1.29, 1.82) is 0 Å². The Morgan fingerprint density at radius 2 is 2.33 bits per heavy atom. The van der Waals surface area contributed by atoms with Crippen molar-refractivity contribution in [1.82, 2.24) is 20.4 Å². The zero-order valence-corrected chi connectivity index (χ0v) is 12.5. The number of rotatable bonds is 4. The van der Waals surface area contributed by atoms with Crippen molar-refractivity contribution < 1.29 is 14.7 Å². The van der Waals surface area contributed by atoms with Gasteiger partial charge in [0, 0.05) is 32.3 Å². The average Bonchev–Trinajstić information content (AvgIpc) is 2.90. The highest BCUT2D eigenvalue weighted by molar-refractivity contribution is 5.95. The number of aliphatic hydroxyl groups is 1. The molecule has 1 aliphatic heterocycles. The first-order valence-electron chi connectivity index (χ1n) is 7.17. The number of hydrogen-bond donors (Lipinski definition) is 3. The molecule has 2 amide bonds. The summed E-state index contributed by atoms with van der Waals surface area (Å²) in [7, 11) is 1.57. The fourth-order valence-corrected chi connectivity index (χ4v) is 2.70. The van der Waals surface area contributed by atoms with Crippen LogP contribution in [0.1, 0.15) is 41.7 Å². The first kappa shape index (κ1) is 15.5. The molecular weight excluding hydrogens is 272 g/mol. The molecule has 1 saturated heterocycles. The predicted molar refractivity (Wildman–Crippen MR) is 76.7 cm³/mol. The van der Waals surface area contributed by atoms with Gasteiger partial charge >= 0.3 is 0 Å². The Kier molecular flexibility index (Phi) is 4.62. The Labute approximate surface area is 123 Å². The number of aromatic amines is 1. The van der Waals surface area contributed by atoms with E-state index < -0.39 is 5.60 Å². The van der Waals surface area contributed by atoms with Crippen molar-refractivity contribution in [3.8, 4) is 0 Å². The van der Waals surface area contributed by atoms with E-state index in [0.29, 0.717) is 24.9 Å². The summed E-state index contributed by atoms with van der Waals surface area (Å²) in [4.78, 5) is 25.4. The normalized spacial score (nSPS) is 22.1. The van der Waals surface area contributed by atoms with E-state index in [9.17, 15) is 14.7 Å². The van der Waals surface area contributed by atoms with Gasteiger partial charge in [0.2, 0.25) is 5.91 Å². The smallest absolute Gasteiger partial charge is 0.257 e. The van der Waals surface area contributed by atoms with E-state index in [2.05, 4.69) is 15.5 Å². The van der Waals surface area contributed by atoms with Gasteiger partial charge in [-0.15, -0.1) is 0 Å².